The SMILES string of the molecule is CC(C)N(C)C1CCC(N2CC[C@H](Nc3nc(=O)[nH]c4ccc(Cl)cc34)C2=O)[C@H](CS(=O)(=O)c2ccccc2)C1. The Bertz CT molecular complexity index is 1550. The number of amides is 1. The third kappa shape index (κ3) is 5.89. The third-order valence-corrected chi connectivity index (χ3v) is 10.6. The van der Waals surface area contributed by atoms with Crippen LogP contribution in [-0.4, -0.2) is 77.6 Å². The fourth-order valence-corrected chi connectivity index (χ4v) is 8.03. The highest BCUT2D eigenvalue weighted by Crippen LogP contribution is 2.36. The Morgan fingerprint density at radius 3 is 2.60 bits per heavy atom. The fraction of sp³-hybridized carbons (Fsp3) is 0.483. The highest BCUT2D eigenvalue weighted by molar-refractivity contribution is 7.91. The quantitative estimate of drug-likeness (QED) is 0.411. The molecule has 0 spiro atoms. The van der Waals surface area contributed by atoms with Gasteiger partial charge in [0.25, 0.3) is 0 Å². The Morgan fingerprint density at radius 2 is 1.88 bits per heavy atom. The lowest BCUT2D eigenvalue weighted by molar-refractivity contribution is -0.132. The monoisotopic (exact) mass is 585 g/mol. The van der Waals surface area contributed by atoms with Crippen LogP contribution in [0.15, 0.2) is 58.2 Å². The predicted molar refractivity (Wildman–Crippen MR) is 157 cm³/mol. The number of anilines is 1. The molecule has 0 radical (unpaired) electrons. The molecule has 2 fully saturated rings. The van der Waals surface area contributed by atoms with Crippen LogP contribution in [0.1, 0.15) is 39.5 Å². The van der Waals surface area contributed by atoms with E-state index < -0.39 is 21.6 Å². The first kappa shape index (κ1) is 28.6. The summed E-state index contributed by atoms with van der Waals surface area (Å²) in [5.74, 6) is 0.00206. The molecular formula is C29H36ClN5O4S. The fourth-order valence-electron chi connectivity index (χ4n) is 6.18. The number of hydrogen-bond donors (Lipinski definition) is 2. The second-order valence-corrected chi connectivity index (χ2v) is 13.7. The Kier molecular flexibility index (Phi) is 8.22. The van der Waals surface area contributed by atoms with Gasteiger partial charge in [-0.15, -0.1) is 0 Å². The summed E-state index contributed by atoms with van der Waals surface area (Å²) in [5.41, 5.74) is 0.0615. The van der Waals surface area contributed by atoms with Gasteiger partial charge in [-0.25, -0.2) is 13.2 Å². The Morgan fingerprint density at radius 1 is 1.12 bits per heavy atom. The van der Waals surface area contributed by atoms with Gasteiger partial charge in [0.2, 0.25) is 5.91 Å². The van der Waals surface area contributed by atoms with E-state index >= 15 is 0 Å². The van der Waals surface area contributed by atoms with Gasteiger partial charge < -0.3 is 20.1 Å². The number of carbonyl (C=O) groups is 1. The summed E-state index contributed by atoms with van der Waals surface area (Å²) < 4.78 is 26.9. The molecule has 1 aromatic heterocycles. The van der Waals surface area contributed by atoms with Gasteiger partial charge in [-0.2, -0.15) is 4.98 Å². The van der Waals surface area contributed by atoms with Gasteiger partial charge in [-0.05, 0) is 82.8 Å². The first-order chi connectivity index (χ1) is 19.0. The van der Waals surface area contributed by atoms with Crippen LogP contribution in [-0.2, 0) is 14.6 Å². The number of H-pyrrole nitrogens is 1. The molecule has 9 nitrogen and oxygen atoms in total. The van der Waals surface area contributed by atoms with Crippen molar-refractivity contribution >= 4 is 44.1 Å². The molecule has 1 amide bonds. The van der Waals surface area contributed by atoms with E-state index in [2.05, 4.69) is 41.1 Å². The molecule has 0 bridgehead atoms. The van der Waals surface area contributed by atoms with E-state index in [0.29, 0.717) is 52.1 Å². The highest BCUT2D eigenvalue weighted by atomic mass is 35.5. The van der Waals surface area contributed by atoms with Gasteiger partial charge in [0.1, 0.15) is 11.9 Å². The van der Waals surface area contributed by atoms with Gasteiger partial charge in [0.15, 0.2) is 9.84 Å². The molecule has 4 atom stereocenters. The standard InChI is InChI=1S/C29H36ClN5O4S/c1-18(2)34(3)21-10-12-26(19(15-21)17-40(38,39)22-7-5-4-6-8-22)35-14-13-25(28(35)36)31-27-23-16-20(30)9-11-24(23)32-29(37)33-27/h4-9,11,16,18-19,21,25-26H,10,12-15,17H2,1-3H3,(H2,31,32,33,37)/t19-,21?,25-,26?/m0/s1. The Balaban J connectivity index is 1.39. The zero-order valence-electron chi connectivity index (χ0n) is 23.0. The molecule has 3 aromatic rings. The second kappa shape index (κ2) is 11.5. The Labute approximate surface area is 239 Å². The van der Waals surface area contributed by atoms with Crippen molar-refractivity contribution in [3.8, 4) is 0 Å². The molecule has 1 saturated carbocycles. The molecule has 1 saturated heterocycles. The molecule has 11 heteroatoms. The first-order valence-corrected chi connectivity index (χ1v) is 15.8. The van der Waals surface area contributed by atoms with Crippen molar-refractivity contribution in [2.24, 2.45) is 5.92 Å². The van der Waals surface area contributed by atoms with Crippen molar-refractivity contribution in [2.45, 2.75) is 68.6 Å². The smallest absolute Gasteiger partial charge is 0.347 e. The number of fused-ring (bicyclic) bond motifs is 1. The van der Waals surface area contributed by atoms with Crippen molar-refractivity contribution in [3.63, 3.8) is 0 Å². The molecule has 2 unspecified atom stereocenters. The first-order valence-electron chi connectivity index (χ1n) is 13.8. The zero-order chi connectivity index (χ0) is 28.6. The minimum atomic E-state index is -3.54. The maximum absolute atomic E-state index is 13.8. The van der Waals surface area contributed by atoms with Crippen LogP contribution in [0.5, 0.6) is 0 Å². The zero-order valence-corrected chi connectivity index (χ0v) is 24.6. The lowest BCUT2D eigenvalue weighted by Gasteiger charge is -2.44. The number of halogens is 1. The largest absolute Gasteiger partial charge is 0.358 e. The number of rotatable bonds is 8. The third-order valence-electron chi connectivity index (χ3n) is 8.48. The van der Waals surface area contributed by atoms with E-state index in [-0.39, 0.29) is 29.7 Å². The summed E-state index contributed by atoms with van der Waals surface area (Å²) >= 11 is 6.19. The van der Waals surface area contributed by atoms with Gasteiger partial charge >= 0.3 is 5.69 Å². The van der Waals surface area contributed by atoms with Crippen LogP contribution in [0.2, 0.25) is 5.02 Å². The number of carbonyl (C=O) groups excluding carboxylic acids is 1. The number of aromatic nitrogens is 2. The molecule has 2 N–H and O–H groups in total. The Hall–Kier alpha value is -2.95. The number of hydrogen-bond acceptors (Lipinski definition) is 7. The number of aromatic amines is 1. The van der Waals surface area contributed by atoms with Gasteiger partial charge in [0, 0.05) is 35.1 Å². The molecule has 1 aliphatic heterocycles. The molecule has 5 rings (SSSR count). The molecule has 2 aliphatic rings. The summed E-state index contributed by atoms with van der Waals surface area (Å²) in [6, 6.07) is 13.5. The minimum absolute atomic E-state index is 0.00918. The van der Waals surface area contributed by atoms with E-state index in [0.717, 1.165) is 12.8 Å². The summed E-state index contributed by atoms with van der Waals surface area (Å²) in [7, 11) is -1.45. The van der Waals surface area contributed by atoms with Crippen molar-refractivity contribution in [1.82, 2.24) is 19.8 Å². The van der Waals surface area contributed by atoms with Crippen molar-refractivity contribution in [2.75, 3.05) is 24.7 Å². The van der Waals surface area contributed by atoms with Crippen LogP contribution in [0.25, 0.3) is 10.9 Å². The summed E-state index contributed by atoms with van der Waals surface area (Å²) in [6.45, 7) is 4.79. The van der Waals surface area contributed by atoms with E-state index in [4.69, 9.17) is 11.6 Å². The van der Waals surface area contributed by atoms with Crippen LogP contribution in [0.3, 0.4) is 0 Å². The highest BCUT2D eigenvalue weighted by Gasteiger charge is 2.44. The van der Waals surface area contributed by atoms with Crippen molar-refractivity contribution in [3.05, 3.63) is 64.0 Å². The van der Waals surface area contributed by atoms with Crippen LogP contribution in [0.4, 0.5) is 5.82 Å². The van der Waals surface area contributed by atoms with Crippen LogP contribution < -0.4 is 11.0 Å². The van der Waals surface area contributed by atoms with E-state index in [1.54, 1.807) is 48.5 Å². The number of benzene rings is 2. The second-order valence-electron chi connectivity index (χ2n) is 11.2. The van der Waals surface area contributed by atoms with Crippen molar-refractivity contribution in [1.29, 1.82) is 0 Å². The normalized spacial score (nSPS) is 23.9. The van der Waals surface area contributed by atoms with Crippen LogP contribution >= 0.6 is 11.6 Å². The molecule has 40 heavy (non-hydrogen) atoms. The summed E-state index contributed by atoms with van der Waals surface area (Å²) in [6.07, 6.45) is 2.85. The topological polar surface area (TPSA) is 115 Å². The van der Waals surface area contributed by atoms with Gasteiger partial charge in [-0.3, -0.25) is 4.79 Å². The molecule has 2 heterocycles. The summed E-state index contributed by atoms with van der Waals surface area (Å²) in [5, 5.41) is 4.32. The van der Waals surface area contributed by atoms with E-state index in [1.165, 1.54) is 0 Å². The molecule has 2 aromatic carbocycles. The van der Waals surface area contributed by atoms with Crippen LogP contribution in [0, 0.1) is 5.92 Å². The average molecular weight is 586 g/mol. The summed E-state index contributed by atoms with van der Waals surface area (Å²) in [4.78, 5) is 37.2. The minimum Gasteiger partial charge on any atom is -0.358 e. The predicted octanol–water partition coefficient (Wildman–Crippen LogP) is 3.94. The molecular weight excluding hydrogens is 550 g/mol. The van der Waals surface area contributed by atoms with E-state index in [1.807, 2.05) is 4.90 Å². The number of nitrogens with one attached hydrogen (secondary N) is 2. The van der Waals surface area contributed by atoms with Gasteiger partial charge in [0.05, 0.1) is 16.2 Å². The lowest BCUT2D eigenvalue weighted by Crippen LogP contribution is -2.52. The molecule has 1 aliphatic carbocycles. The average Bonchev–Trinajstić information content (AvgIpc) is 3.28. The van der Waals surface area contributed by atoms with Crippen molar-refractivity contribution < 1.29 is 13.2 Å². The van der Waals surface area contributed by atoms with Gasteiger partial charge in [-0.1, -0.05) is 29.8 Å². The number of likely N-dealkylation sites (tertiary alicyclic amines) is 1. The molecule has 214 valence electrons. The maximum Gasteiger partial charge on any atom is 0.347 e. The number of sulfone groups is 1. The number of nitrogens with zero attached hydrogens (tertiary/aromatic N) is 3. The lowest BCUT2D eigenvalue weighted by atomic mass is 9.81. The van der Waals surface area contributed by atoms with E-state index in [9.17, 15) is 18.0 Å². The maximum atomic E-state index is 13.8.